The summed E-state index contributed by atoms with van der Waals surface area (Å²) < 4.78 is 8.39. The number of hydrogen-bond donors (Lipinski definition) is 0. The van der Waals surface area contributed by atoms with Crippen LogP contribution in [0.3, 0.4) is 0 Å². The van der Waals surface area contributed by atoms with Gasteiger partial charge in [0.05, 0.1) is 11.6 Å². The van der Waals surface area contributed by atoms with Crippen LogP contribution in [0.15, 0.2) is 18.5 Å². The van der Waals surface area contributed by atoms with Gasteiger partial charge in [-0.15, -0.1) is 0 Å². The zero-order chi connectivity index (χ0) is 16.6. The minimum absolute atomic E-state index is 0.318. The fraction of sp³-hybridized carbons (Fsp3) is 0.529. The highest BCUT2D eigenvalue weighted by Gasteiger charge is 2.30. The zero-order valence-corrected chi connectivity index (χ0v) is 15.0. The summed E-state index contributed by atoms with van der Waals surface area (Å²) in [7, 11) is -1.13. The van der Waals surface area contributed by atoms with Crippen LogP contribution in [0, 0.1) is 16.5 Å². The molecule has 2 heterocycles. The first-order valence-corrected chi connectivity index (χ1v) is 11.8. The number of nitriles is 1. The SMILES string of the molecule is C[Si](C)(C)CCOCn1cc(C#N)c2c(C3CC3)cc[n+]([O-])c21. The fourth-order valence-corrected chi connectivity index (χ4v) is 3.58. The Morgan fingerprint density at radius 2 is 2.17 bits per heavy atom. The van der Waals surface area contributed by atoms with Gasteiger partial charge in [0.2, 0.25) is 0 Å². The van der Waals surface area contributed by atoms with E-state index in [2.05, 4.69) is 25.7 Å². The van der Waals surface area contributed by atoms with Crippen LogP contribution < -0.4 is 4.73 Å². The van der Waals surface area contributed by atoms with E-state index in [1.807, 2.05) is 6.07 Å². The van der Waals surface area contributed by atoms with Gasteiger partial charge in [-0.05, 0) is 36.4 Å². The summed E-state index contributed by atoms with van der Waals surface area (Å²) in [4.78, 5) is 0. The molecule has 122 valence electrons. The van der Waals surface area contributed by atoms with E-state index < -0.39 is 8.07 Å². The van der Waals surface area contributed by atoms with Gasteiger partial charge >= 0.3 is 0 Å². The highest BCUT2D eigenvalue weighted by molar-refractivity contribution is 6.76. The summed E-state index contributed by atoms with van der Waals surface area (Å²) in [6.45, 7) is 7.94. The minimum Gasteiger partial charge on any atom is -0.711 e. The summed E-state index contributed by atoms with van der Waals surface area (Å²) in [6, 6.07) is 5.18. The molecular formula is C17H23N3O2Si. The number of ether oxygens (including phenoxy) is 1. The molecule has 2 aromatic rings. The standard InChI is InChI=1S/C17H23N3O2Si/c1-23(2,3)9-8-22-12-19-11-14(10-18)16-15(13-4-5-13)6-7-20(21)17(16)19/h6-7,11,13H,4-5,8-9,12H2,1-3H3. The van der Waals surface area contributed by atoms with Crippen molar-refractivity contribution in [2.75, 3.05) is 6.61 Å². The summed E-state index contributed by atoms with van der Waals surface area (Å²) in [6.07, 6.45) is 5.58. The summed E-state index contributed by atoms with van der Waals surface area (Å²) in [5.74, 6) is 0.495. The Morgan fingerprint density at radius 3 is 2.78 bits per heavy atom. The van der Waals surface area contributed by atoms with Gasteiger partial charge in [0, 0.05) is 14.7 Å². The van der Waals surface area contributed by atoms with Crippen LogP contribution in [0.5, 0.6) is 0 Å². The molecule has 0 N–H and O–H groups in total. The maximum absolute atomic E-state index is 12.3. The van der Waals surface area contributed by atoms with Gasteiger partial charge in [0.25, 0.3) is 5.65 Å². The molecule has 3 rings (SSSR count). The first-order chi connectivity index (χ1) is 10.9. The van der Waals surface area contributed by atoms with Crippen LogP contribution >= 0.6 is 0 Å². The highest BCUT2D eigenvalue weighted by atomic mass is 28.3. The Hall–Kier alpha value is -1.84. The zero-order valence-electron chi connectivity index (χ0n) is 14.0. The van der Waals surface area contributed by atoms with Gasteiger partial charge in [0.15, 0.2) is 6.73 Å². The van der Waals surface area contributed by atoms with Gasteiger partial charge in [-0.1, -0.05) is 19.6 Å². The summed E-state index contributed by atoms with van der Waals surface area (Å²) in [5, 5.41) is 22.5. The molecule has 6 heteroatoms. The third-order valence-electron chi connectivity index (χ3n) is 4.30. The lowest BCUT2D eigenvalue weighted by Gasteiger charge is -2.15. The van der Waals surface area contributed by atoms with E-state index >= 15 is 0 Å². The molecule has 0 radical (unpaired) electrons. The summed E-state index contributed by atoms with van der Waals surface area (Å²) >= 11 is 0. The maximum Gasteiger partial charge on any atom is 0.295 e. The van der Waals surface area contributed by atoms with Crippen molar-refractivity contribution in [2.24, 2.45) is 0 Å². The average molecular weight is 329 g/mol. The molecule has 0 aliphatic heterocycles. The van der Waals surface area contributed by atoms with Crippen LogP contribution in [0.25, 0.3) is 11.0 Å². The van der Waals surface area contributed by atoms with Crippen molar-refractivity contribution in [1.82, 2.24) is 4.57 Å². The molecule has 0 atom stereocenters. The van der Waals surface area contributed by atoms with Crippen molar-refractivity contribution in [3.63, 3.8) is 0 Å². The van der Waals surface area contributed by atoms with Crippen molar-refractivity contribution >= 4 is 19.1 Å². The lowest BCUT2D eigenvalue weighted by Crippen LogP contribution is -2.29. The minimum atomic E-state index is -1.13. The Kier molecular flexibility index (Phi) is 4.17. The molecule has 0 spiro atoms. The van der Waals surface area contributed by atoms with E-state index in [-0.39, 0.29) is 0 Å². The molecule has 1 saturated carbocycles. The van der Waals surface area contributed by atoms with Crippen LogP contribution in [0.4, 0.5) is 0 Å². The van der Waals surface area contributed by atoms with E-state index in [0.29, 0.717) is 30.5 Å². The van der Waals surface area contributed by atoms with Crippen molar-refractivity contribution in [3.8, 4) is 6.07 Å². The molecular weight excluding hydrogens is 306 g/mol. The molecule has 1 aliphatic rings. The average Bonchev–Trinajstić information content (AvgIpc) is 3.24. The molecule has 5 nitrogen and oxygen atoms in total. The number of rotatable bonds is 6. The highest BCUT2D eigenvalue weighted by Crippen LogP contribution is 2.43. The number of nitrogens with zero attached hydrogens (tertiary/aromatic N) is 3. The van der Waals surface area contributed by atoms with Gasteiger partial charge in [0.1, 0.15) is 17.8 Å². The molecule has 1 fully saturated rings. The second-order valence-electron chi connectivity index (χ2n) is 7.54. The molecule has 0 aromatic carbocycles. The van der Waals surface area contributed by atoms with E-state index in [0.717, 1.165) is 34.6 Å². The van der Waals surface area contributed by atoms with Crippen LogP contribution in [0.2, 0.25) is 25.7 Å². The monoisotopic (exact) mass is 329 g/mol. The van der Waals surface area contributed by atoms with E-state index in [1.165, 1.54) is 0 Å². The van der Waals surface area contributed by atoms with Crippen LogP contribution in [-0.2, 0) is 11.5 Å². The lowest BCUT2D eigenvalue weighted by atomic mass is 10.1. The molecule has 0 saturated heterocycles. The molecule has 1 aliphatic carbocycles. The Labute approximate surface area is 137 Å². The number of pyridine rings is 1. The Bertz CT molecular complexity index is 767. The van der Waals surface area contributed by atoms with E-state index in [1.54, 1.807) is 17.0 Å². The van der Waals surface area contributed by atoms with Gasteiger partial charge < -0.3 is 9.94 Å². The lowest BCUT2D eigenvalue weighted by molar-refractivity contribution is -0.580. The Morgan fingerprint density at radius 1 is 1.43 bits per heavy atom. The van der Waals surface area contributed by atoms with E-state index in [9.17, 15) is 10.5 Å². The smallest absolute Gasteiger partial charge is 0.295 e. The van der Waals surface area contributed by atoms with E-state index in [4.69, 9.17) is 4.74 Å². The molecule has 0 bridgehead atoms. The molecule has 0 unspecified atom stereocenters. The van der Waals surface area contributed by atoms with Gasteiger partial charge in [-0.3, -0.25) is 0 Å². The number of aromatic nitrogens is 2. The number of fused-ring (bicyclic) bond motifs is 1. The van der Waals surface area contributed by atoms with Crippen LogP contribution in [0.1, 0.15) is 29.9 Å². The molecule has 2 aromatic heterocycles. The second kappa shape index (κ2) is 5.98. The largest absolute Gasteiger partial charge is 0.711 e. The Balaban J connectivity index is 1.89. The van der Waals surface area contributed by atoms with Crippen molar-refractivity contribution in [2.45, 2.75) is 51.2 Å². The first kappa shape index (κ1) is 16.0. The number of hydrogen-bond acceptors (Lipinski definition) is 3. The van der Waals surface area contributed by atoms with Crippen LogP contribution in [-0.4, -0.2) is 19.2 Å². The quantitative estimate of drug-likeness (QED) is 0.353. The molecule has 0 amide bonds. The predicted octanol–water partition coefficient (Wildman–Crippen LogP) is 3.34. The third-order valence-corrected chi connectivity index (χ3v) is 6.01. The van der Waals surface area contributed by atoms with Crippen molar-refractivity contribution in [3.05, 3.63) is 34.8 Å². The summed E-state index contributed by atoms with van der Waals surface area (Å²) in [5.41, 5.74) is 2.24. The maximum atomic E-state index is 12.3. The van der Waals surface area contributed by atoms with Crippen molar-refractivity contribution < 1.29 is 9.47 Å². The fourth-order valence-electron chi connectivity index (χ4n) is 2.83. The molecule has 23 heavy (non-hydrogen) atoms. The predicted molar refractivity (Wildman–Crippen MR) is 91.7 cm³/mol. The van der Waals surface area contributed by atoms with Gasteiger partial charge in [-0.25, -0.2) is 9.30 Å². The topological polar surface area (TPSA) is 64.9 Å². The van der Waals surface area contributed by atoms with Gasteiger partial charge in [-0.2, -0.15) is 5.26 Å². The third kappa shape index (κ3) is 3.41. The first-order valence-electron chi connectivity index (χ1n) is 8.13. The van der Waals surface area contributed by atoms with Crippen molar-refractivity contribution in [1.29, 1.82) is 5.26 Å². The normalized spacial score (nSPS) is 15.0. The second-order valence-corrected chi connectivity index (χ2v) is 13.2.